The molecule has 4 heteroatoms. The van der Waals surface area contributed by atoms with Gasteiger partial charge in [0.25, 0.3) is 0 Å². The molecule has 0 aromatic rings. The Balaban J connectivity index is 2.17. The summed E-state index contributed by atoms with van der Waals surface area (Å²) in [6.45, 7) is 10.9. The topological polar surface area (TPSA) is 35.6 Å². The molecule has 0 aliphatic carbocycles. The van der Waals surface area contributed by atoms with Crippen LogP contribution in [0.2, 0.25) is 0 Å². The van der Waals surface area contributed by atoms with Crippen LogP contribution in [-0.2, 0) is 0 Å². The van der Waals surface area contributed by atoms with Crippen molar-refractivity contribution < 1.29 is 4.79 Å². The Morgan fingerprint density at radius 1 is 1.17 bits per heavy atom. The number of amides is 2. The van der Waals surface area contributed by atoms with E-state index in [4.69, 9.17) is 0 Å². The number of piperidine rings is 1. The van der Waals surface area contributed by atoms with Crippen LogP contribution in [0, 0.1) is 0 Å². The number of carbonyl (C=O) groups excluding carboxylic acids is 1. The summed E-state index contributed by atoms with van der Waals surface area (Å²) in [6, 6.07) is 0.494. The summed E-state index contributed by atoms with van der Waals surface area (Å²) in [6.07, 6.45) is 3.18. The second-order valence-electron chi connectivity index (χ2n) is 7.02. The van der Waals surface area contributed by atoms with E-state index in [9.17, 15) is 4.79 Å². The first-order valence-electron chi connectivity index (χ1n) is 7.02. The molecule has 0 atom stereocenters. The van der Waals surface area contributed by atoms with E-state index < -0.39 is 0 Å². The van der Waals surface area contributed by atoms with Crippen LogP contribution in [-0.4, -0.2) is 53.1 Å². The lowest BCUT2D eigenvalue weighted by Gasteiger charge is -2.55. The van der Waals surface area contributed by atoms with Crippen LogP contribution in [0.5, 0.6) is 0 Å². The molecule has 2 saturated heterocycles. The first-order valence-corrected chi connectivity index (χ1v) is 7.02. The predicted octanol–water partition coefficient (Wildman–Crippen LogP) is 2.05. The third kappa shape index (κ3) is 2.35. The number of hydrogen-bond donors (Lipinski definition) is 1. The molecule has 4 nitrogen and oxygen atoms in total. The number of nitrogens with zero attached hydrogens (tertiary/aromatic N) is 2. The average Bonchev–Trinajstić information content (AvgIpc) is 2.25. The van der Waals surface area contributed by atoms with E-state index in [2.05, 4.69) is 49.9 Å². The summed E-state index contributed by atoms with van der Waals surface area (Å²) < 4.78 is 0. The number of carbonyl (C=O) groups is 1. The van der Waals surface area contributed by atoms with Crippen LogP contribution < -0.4 is 5.32 Å². The van der Waals surface area contributed by atoms with Crippen molar-refractivity contribution >= 4 is 6.03 Å². The highest BCUT2D eigenvalue weighted by molar-refractivity contribution is 5.75. The van der Waals surface area contributed by atoms with Crippen LogP contribution in [0.25, 0.3) is 0 Å². The Morgan fingerprint density at radius 3 is 2.22 bits per heavy atom. The SMILES string of the molecule is CN1C(C)(C)CC(N2CCCNC2=O)CC1(C)C. The molecule has 2 rings (SSSR count). The standard InChI is InChI=1S/C14H27N3O/c1-13(2)9-11(10-14(3,4)16(13)5)17-8-6-7-15-12(17)18/h11H,6-10H2,1-5H3,(H,15,18). The van der Waals surface area contributed by atoms with Gasteiger partial charge in [0.15, 0.2) is 0 Å². The molecule has 1 N–H and O–H groups in total. The summed E-state index contributed by atoms with van der Waals surface area (Å²) in [5.41, 5.74) is 0.286. The normalized spacial score (nSPS) is 29.2. The second kappa shape index (κ2) is 4.41. The fraction of sp³-hybridized carbons (Fsp3) is 0.929. The minimum absolute atomic E-state index is 0.127. The number of rotatable bonds is 1. The lowest BCUT2D eigenvalue weighted by Crippen LogP contribution is -2.64. The van der Waals surface area contributed by atoms with Crippen LogP contribution in [0.3, 0.4) is 0 Å². The molecule has 18 heavy (non-hydrogen) atoms. The highest BCUT2D eigenvalue weighted by Crippen LogP contribution is 2.39. The number of nitrogens with one attached hydrogen (secondary N) is 1. The highest BCUT2D eigenvalue weighted by Gasteiger charge is 2.45. The van der Waals surface area contributed by atoms with Gasteiger partial charge in [-0.1, -0.05) is 0 Å². The van der Waals surface area contributed by atoms with Crippen molar-refractivity contribution in [1.29, 1.82) is 0 Å². The van der Waals surface area contributed by atoms with Crippen molar-refractivity contribution in [3.63, 3.8) is 0 Å². The lowest BCUT2D eigenvalue weighted by molar-refractivity contribution is -0.0401. The molecule has 2 heterocycles. The molecule has 2 fully saturated rings. The summed E-state index contributed by atoms with van der Waals surface area (Å²) in [4.78, 5) is 16.5. The summed E-state index contributed by atoms with van der Waals surface area (Å²) >= 11 is 0. The van der Waals surface area contributed by atoms with E-state index in [0.29, 0.717) is 6.04 Å². The molecule has 0 radical (unpaired) electrons. The molecule has 0 saturated carbocycles. The van der Waals surface area contributed by atoms with Crippen molar-refractivity contribution in [2.45, 2.75) is 64.1 Å². The van der Waals surface area contributed by atoms with Gasteiger partial charge in [0, 0.05) is 30.2 Å². The van der Waals surface area contributed by atoms with Crippen LogP contribution in [0.15, 0.2) is 0 Å². The smallest absolute Gasteiger partial charge is 0.317 e. The van der Waals surface area contributed by atoms with E-state index >= 15 is 0 Å². The van der Waals surface area contributed by atoms with Crippen LogP contribution in [0.1, 0.15) is 47.0 Å². The van der Waals surface area contributed by atoms with Crippen molar-refractivity contribution in [1.82, 2.24) is 15.1 Å². The first-order chi connectivity index (χ1) is 8.24. The van der Waals surface area contributed by atoms with Gasteiger partial charge in [-0.05, 0) is 54.0 Å². The van der Waals surface area contributed by atoms with E-state index in [1.54, 1.807) is 0 Å². The number of urea groups is 1. The van der Waals surface area contributed by atoms with E-state index in [1.165, 1.54) is 0 Å². The van der Waals surface area contributed by atoms with Crippen LogP contribution >= 0.6 is 0 Å². The maximum atomic E-state index is 12.0. The van der Waals surface area contributed by atoms with Gasteiger partial charge < -0.3 is 10.2 Å². The van der Waals surface area contributed by atoms with Crippen molar-refractivity contribution in [2.24, 2.45) is 0 Å². The molecule has 2 amide bonds. The zero-order valence-electron chi connectivity index (χ0n) is 12.4. The minimum atomic E-state index is 0.127. The Labute approximate surface area is 111 Å². The second-order valence-corrected chi connectivity index (χ2v) is 7.02. The average molecular weight is 253 g/mol. The fourth-order valence-electron chi connectivity index (χ4n) is 3.54. The molecular weight excluding hydrogens is 226 g/mol. The Bertz CT molecular complexity index is 320. The van der Waals surface area contributed by atoms with Gasteiger partial charge in [0.05, 0.1) is 0 Å². The molecule has 0 aromatic carbocycles. The van der Waals surface area contributed by atoms with E-state index in [1.807, 2.05) is 0 Å². The molecule has 0 unspecified atom stereocenters. The van der Waals surface area contributed by atoms with E-state index in [-0.39, 0.29) is 17.1 Å². The molecule has 0 aromatic heterocycles. The number of hydrogen-bond acceptors (Lipinski definition) is 2. The predicted molar refractivity (Wildman–Crippen MR) is 73.7 cm³/mol. The molecule has 2 aliphatic rings. The van der Waals surface area contributed by atoms with E-state index in [0.717, 1.165) is 32.4 Å². The highest BCUT2D eigenvalue weighted by atomic mass is 16.2. The quantitative estimate of drug-likeness (QED) is 0.776. The zero-order valence-corrected chi connectivity index (χ0v) is 12.4. The van der Waals surface area contributed by atoms with Gasteiger partial charge in [-0.2, -0.15) is 0 Å². The van der Waals surface area contributed by atoms with Crippen molar-refractivity contribution in [2.75, 3.05) is 20.1 Å². The molecular formula is C14H27N3O. The van der Waals surface area contributed by atoms with Gasteiger partial charge in [-0.25, -0.2) is 4.79 Å². The number of likely N-dealkylation sites (tertiary alicyclic amines) is 1. The van der Waals surface area contributed by atoms with Gasteiger partial charge in [0.1, 0.15) is 0 Å². The zero-order chi connectivity index (χ0) is 13.6. The Morgan fingerprint density at radius 2 is 1.72 bits per heavy atom. The lowest BCUT2D eigenvalue weighted by atomic mass is 9.77. The van der Waals surface area contributed by atoms with Crippen molar-refractivity contribution in [3.05, 3.63) is 0 Å². The third-order valence-corrected chi connectivity index (χ3v) is 4.84. The molecule has 2 aliphatic heterocycles. The molecule has 104 valence electrons. The summed E-state index contributed by atoms with van der Waals surface area (Å²) in [5, 5.41) is 2.97. The minimum Gasteiger partial charge on any atom is -0.338 e. The maximum absolute atomic E-state index is 12.0. The molecule has 0 spiro atoms. The summed E-state index contributed by atoms with van der Waals surface area (Å²) in [7, 11) is 2.20. The monoisotopic (exact) mass is 253 g/mol. The van der Waals surface area contributed by atoms with Gasteiger partial charge >= 0.3 is 6.03 Å². The molecule has 0 bridgehead atoms. The summed E-state index contributed by atoms with van der Waals surface area (Å²) in [5.74, 6) is 0. The largest absolute Gasteiger partial charge is 0.338 e. The first kappa shape index (κ1) is 13.7. The Hall–Kier alpha value is -0.770. The van der Waals surface area contributed by atoms with Gasteiger partial charge in [-0.3, -0.25) is 4.90 Å². The van der Waals surface area contributed by atoms with Gasteiger partial charge in [-0.15, -0.1) is 0 Å². The maximum Gasteiger partial charge on any atom is 0.317 e. The fourth-order valence-corrected chi connectivity index (χ4v) is 3.54. The Kier molecular flexibility index (Phi) is 3.34. The van der Waals surface area contributed by atoms with Crippen molar-refractivity contribution in [3.8, 4) is 0 Å². The van der Waals surface area contributed by atoms with Gasteiger partial charge in [0.2, 0.25) is 0 Å². The third-order valence-electron chi connectivity index (χ3n) is 4.84. The van der Waals surface area contributed by atoms with Crippen LogP contribution in [0.4, 0.5) is 4.79 Å².